The van der Waals surface area contributed by atoms with Gasteiger partial charge in [-0.3, -0.25) is 9.69 Å². The molecule has 1 aliphatic rings. The average molecular weight is 311 g/mol. The lowest BCUT2D eigenvalue weighted by atomic mass is 10.0. The van der Waals surface area contributed by atoms with Crippen molar-refractivity contribution >= 4 is 12.1 Å². The molecule has 2 aromatic carbocycles. The van der Waals surface area contributed by atoms with Crippen molar-refractivity contribution in [2.45, 2.75) is 25.6 Å². The second kappa shape index (κ2) is 6.52. The number of amides is 1. The Morgan fingerprint density at radius 2 is 1.78 bits per heavy atom. The predicted molar refractivity (Wildman–Crippen MR) is 83.6 cm³/mol. The molecule has 118 valence electrons. The molecule has 0 aliphatic carbocycles. The highest BCUT2D eigenvalue weighted by atomic mass is 16.6. The zero-order valence-electron chi connectivity index (χ0n) is 12.5. The Morgan fingerprint density at radius 3 is 2.52 bits per heavy atom. The highest BCUT2D eigenvalue weighted by Crippen LogP contribution is 2.36. The number of ether oxygens (including phenoxy) is 1. The standard InChI is InChI=1S/C18H17NO4/c20-17(21)10-16-15-9-5-4-8-14(15)11-19(16)18(22)23-12-13-6-2-1-3-7-13/h1-9,16H,10-12H2,(H,20,21). The zero-order valence-corrected chi connectivity index (χ0v) is 12.5. The van der Waals surface area contributed by atoms with Crippen molar-refractivity contribution in [1.82, 2.24) is 4.90 Å². The molecule has 5 nitrogen and oxygen atoms in total. The smallest absolute Gasteiger partial charge is 0.410 e. The molecule has 0 spiro atoms. The molecule has 0 bridgehead atoms. The van der Waals surface area contributed by atoms with E-state index in [2.05, 4.69) is 0 Å². The van der Waals surface area contributed by atoms with Crippen LogP contribution < -0.4 is 0 Å². The maximum atomic E-state index is 12.4. The van der Waals surface area contributed by atoms with E-state index in [-0.39, 0.29) is 13.0 Å². The van der Waals surface area contributed by atoms with Gasteiger partial charge in [-0.05, 0) is 16.7 Å². The van der Waals surface area contributed by atoms with Crippen LogP contribution in [0.1, 0.15) is 29.2 Å². The van der Waals surface area contributed by atoms with E-state index in [0.717, 1.165) is 16.7 Å². The summed E-state index contributed by atoms with van der Waals surface area (Å²) in [4.78, 5) is 25.0. The number of nitrogens with zero attached hydrogens (tertiary/aromatic N) is 1. The minimum absolute atomic E-state index is 0.128. The SMILES string of the molecule is O=C(O)CC1c2ccccc2CN1C(=O)OCc1ccccc1. The minimum atomic E-state index is -0.937. The summed E-state index contributed by atoms with van der Waals surface area (Å²) in [5.41, 5.74) is 2.74. The first-order chi connectivity index (χ1) is 11.1. The van der Waals surface area contributed by atoms with Crippen molar-refractivity contribution in [2.75, 3.05) is 0 Å². The number of hydrogen-bond acceptors (Lipinski definition) is 3. The van der Waals surface area contributed by atoms with Crippen molar-refractivity contribution in [3.8, 4) is 0 Å². The largest absolute Gasteiger partial charge is 0.481 e. The van der Waals surface area contributed by atoms with Crippen molar-refractivity contribution in [1.29, 1.82) is 0 Å². The summed E-state index contributed by atoms with van der Waals surface area (Å²) < 4.78 is 5.35. The summed E-state index contributed by atoms with van der Waals surface area (Å²) in [6.07, 6.45) is -0.617. The number of rotatable bonds is 4. The summed E-state index contributed by atoms with van der Waals surface area (Å²) in [7, 11) is 0. The minimum Gasteiger partial charge on any atom is -0.481 e. The molecule has 1 unspecified atom stereocenters. The first-order valence-electron chi connectivity index (χ1n) is 7.42. The molecule has 0 aromatic heterocycles. The number of aliphatic carboxylic acids is 1. The maximum absolute atomic E-state index is 12.4. The van der Waals surface area contributed by atoms with Gasteiger partial charge in [-0.1, -0.05) is 54.6 Å². The van der Waals surface area contributed by atoms with Crippen LogP contribution in [0.25, 0.3) is 0 Å². The van der Waals surface area contributed by atoms with E-state index in [0.29, 0.717) is 6.54 Å². The number of carbonyl (C=O) groups is 2. The highest BCUT2D eigenvalue weighted by Gasteiger charge is 2.35. The van der Waals surface area contributed by atoms with E-state index in [1.54, 1.807) is 0 Å². The van der Waals surface area contributed by atoms with Gasteiger partial charge in [-0.25, -0.2) is 4.79 Å². The second-order valence-corrected chi connectivity index (χ2v) is 5.48. The summed E-state index contributed by atoms with van der Waals surface area (Å²) in [6, 6.07) is 16.4. The molecule has 1 atom stereocenters. The molecule has 0 fully saturated rings. The van der Waals surface area contributed by atoms with Crippen LogP contribution in [0.5, 0.6) is 0 Å². The molecule has 2 aromatic rings. The van der Waals surface area contributed by atoms with E-state index >= 15 is 0 Å². The lowest BCUT2D eigenvalue weighted by Crippen LogP contribution is -2.31. The Balaban J connectivity index is 1.73. The molecule has 5 heteroatoms. The molecular weight excluding hydrogens is 294 g/mol. The van der Waals surface area contributed by atoms with Crippen LogP contribution in [0.15, 0.2) is 54.6 Å². The lowest BCUT2D eigenvalue weighted by molar-refractivity contribution is -0.138. The second-order valence-electron chi connectivity index (χ2n) is 5.48. The van der Waals surface area contributed by atoms with Crippen LogP contribution in [-0.2, 0) is 22.7 Å². The Bertz CT molecular complexity index is 714. The van der Waals surface area contributed by atoms with Gasteiger partial charge in [-0.15, -0.1) is 0 Å². The molecule has 23 heavy (non-hydrogen) atoms. The number of benzene rings is 2. The molecule has 1 amide bonds. The van der Waals surface area contributed by atoms with Gasteiger partial charge >= 0.3 is 12.1 Å². The van der Waals surface area contributed by atoms with Crippen molar-refractivity contribution in [2.24, 2.45) is 0 Å². The summed E-state index contributed by atoms with van der Waals surface area (Å²) in [5.74, 6) is -0.937. The summed E-state index contributed by atoms with van der Waals surface area (Å²) in [5, 5.41) is 9.13. The fourth-order valence-corrected chi connectivity index (χ4v) is 2.84. The van der Waals surface area contributed by atoms with Crippen LogP contribution in [0.4, 0.5) is 4.79 Å². The van der Waals surface area contributed by atoms with E-state index in [1.807, 2.05) is 54.6 Å². The molecular formula is C18H17NO4. The van der Waals surface area contributed by atoms with Crippen molar-refractivity contribution in [3.05, 3.63) is 71.3 Å². The van der Waals surface area contributed by atoms with Gasteiger partial charge in [0.05, 0.1) is 12.5 Å². The molecule has 0 saturated heterocycles. The van der Waals surface area contributed by atoms with Gasteiger partial charge < -0.3 is 9.84 Å². The number of carboxylic acid groups (broad SMARTS) is 1. The Hall–Kier alpha value is -2.82. The van der Waals surface area contributed by atoms with Crippen LogP contribution in [-0.4, -0.2) is 22.1 Å². The Morgan fingerprint density at radius 1 is 1.09 bits per heavy atom. The van der Waals surface area contributed by atoms with Crippen LogP contribution >= 0.6 is 0 Å². The van der Waals surface area contributed by atoms with Gasteiger partial charge in [0.15, 0.2) is 0 Å². The van der Waals surface area contributed by atoms with E-state index in [4.69, 9.17) is 9.84 Å². The maximum Gasteiger partial charge on any atom is 0.410 e. The molecule has 3 rings (SSSR count). The molecule has 1 heterocycles. The van der Waals surface area contributed by atoms with Crippen LogP contribution in [0.2, 0.25) is 0 Å². The zero-order chi connectivity index (χ0) is 16.2. The molecule has 1 aliphatic heterocycles. The van der Waals surface area contributed by atoms with E-state index < -0.39 is 18.1 Å². The van der Waals surface area contributed by atoms with E-state index in [9.17, 15) is 9.59 Å². The number of carbonyl (C=O) groups excluding carboxylic acids is 1. The monoisotopic (exact) mass is 311 g/mol. The first kappa shape index (κ1) is 15.1. The van der Waals surface area contributed by atoms with Crippen molar-refractivity contribution < 1.29 is 19.4 Å². The summed E-state index contributed by atoms with van der Waals surface area (Å²) in [6.45, 7) is 0.550. The third kappa shape index (κ3) is 3.34. The van der Waals surface area contributed by atoms with Gasteiger partial charge in [0.25, 0.3) is 0 Å². The third-order valence-electron chi connectivity index (χ3n) is 3.94. The third-order valence-corrected chi connectivity index (χ3v) is 3.94. The molecule has 0 radical (unpaired) electrons. The fraction of sp³-hybridized carbons (Fsp3) is 0.222. The van der Waals surface area contributed by atoms with E-state index in [1.165, 1.54) is 4.90 Å². The normalized spacial score (nSPS) is 16.0. The predicted octanol–water partition coefficient (Wildman–Crippen LogP) is 3.35. The Labute approximate surface area is 134 Å². The average Bonchev–Trinajstić information content (AvgIpc) is 2.92. The van der Waals surface area contributed by atoms with Crippen molar-refractivity contribution in [3.63, 3.8) is 0 Å². The van der Waals surface area contributed by atoms with Gasteiger partial charge in [0, 0.05) is 6.54 Å². The quantitative estimate of drug-likeness (QED) is 0.940. The van der Waals surface area contributed by atoms with Gasteiger partial charge in [0.2, 0.25) is 0 Å². The Kier molecular flexibility index (Phi) is 4.28. The lowest BCUT2D eigenvalue weighted by Gasteiger charge is -2.23. The summed E-state index contributed by atoms with van der Waals surface area (Å²) >= 11 is 0. The number of fused-ring (bicyclic) bond motifs is 1. The first-order valence-corrected chi connectivity index (χ1v) is 7.42. The van der Waals surface area contributed by atoms with Gasteiger partial charge in [-0.2, -0.15) is 0 Å². The topological polar surface area (TPSA) is 66.8 Å². The highest BCUT2D eigenvalue weighted by molar-refractivity contribution is 5.73. The van der Waals surface area contributed by atoms with Gasteiger partial charge in [0.1, 0.15) is 6.61 Å². The van der Waals surface area contributed by atoms with Crippen LogP contribution in [0, 0.1) is 0 Å². The molecule has 0 saturated carbocycles. The number of hydrogen-bond donors (Lipinski definition) is 1. The fourth-order valence-electron chi connectivity index (χ4n) is 2.84. The van der Waals surface area contributed by atoms with Crippen LogP contribution in [0.3, 0.4) is 0 Å². The number of carboxylic acids is 1. The molecule has 1 N–H and O–H groups in total.